The second-order valence-corrected chi connectivity index (χ2v) is 8.10. The van der Waals surface area contributed by atoms with Gasteiger partial charge in [0.05, 0.1) is 22.5 Å². The highest BCUT2D eigenvalue weighted by Crippen LogP contribution is 2.28. The van der Waals surface area contributed by atoms with Gasteiger partial charge in [-0.3, -0.25) is 14.9 Å². The Bertz CT molecular complexity index is 1510. The number of amides is 2. The average Bonchev–Trinajstić information content (AvgIpc) is 3.49. The van der Waals surface area contributed by atoms with Crippen molar-refractivity contribution in [3.8, 4) is 22.5 Å². The van der Waals surface area contributed by atoms with E-state index in [0.717, 1.165) is 0 Å². The largest absolute Gasteiger partial charge is 0.364 e. The van der Waals surface area contributed by atoms with Gasteiger partial charge in [-0.1, -0.05) is 18.2 Å². The number of hydrogen-bond donors (Lipinski definition) is 3. The smallest absolute Gasteiger partial charge is 0.265 e. The number of thiazole rings is 1. The Kier molecular flexibility index (Phi) is 5.15. The summed E-state index contributed by atoms with van der Waals surface area (Å²) in [6.07, 6.45) is 1.63. The topological polar surface area (TPSA) is 114 Å². The number of nitrogens with two attached hydrogens (primary N) is 1. The molecular weight excluding hydrogens is 441 g/mol. The maximum absolute atomic E-state index is 13.4. The molecular formula is C24H16FN5O2S. The monoisotopic (exact) mass is 457 g/mol. The summed E-state index contributed by atoms with van der Waals surface area (Å²) in [4.78, 5) is 36.4. The van der Waals surface area contributed by atoms with Crippen LogP contribution in [0.25, 0.3) is 33.4 Å². The lowest BCUT2D eigenvalue weighted by Crippen LogP contribution is -2.13. The van der Waals surface area contributed by atoms with Gasteiger partial charge in [0.15, 0.2) is 5.13 Å². The van der Waals surface area contributed by atoms with E-state index in [-0.39, 0.29) is 17.4 Å². The summed E-state index contributed by atoms with van der Waals surface area (Å²) in [6.45, 7) is 0. The molecule has 7 nitrogen and oxygen atoms in total. The third-order valence-electron chi connectivity index (χ3n) is 5.07. The first-order valence-electron chi connectivity index (χ1n) is 9.89. The Morgan fingerprint density at radius 3 is 2.52 bits per heavy atom. The molecule has 0 saturated carbocycles. The van der Waals surface area contributed by atoms with Gasteiger partial charge in [0.2, 0.25) is 0 Å². The molecule has 2 aromatic carbocycles. The number of aromatic amines is 1. The van der Waals surface area contributed by atoms with E-state index in [1.54, 1.807) is 35.8 Å². The van der Waals surface area contributed by atoms with Crippen LogP contribution in [0, 0.1) is 5.82 Å². The summed E-state index contributed by atoms with van der Waals surface area (Å²) in [5.41, 5.74) is 9.18. The number of para-hydroxylation sites is 1. The number of rotatable bonds is 5. The molecule has 0 spiro atoms. The maximum Gasteiger partial charge on any atom is 0.265 e. The average molecular weight is 457 g/mol. The molecule has 162 valence electrons. The van der Waals surface area contributed by atoms with Crippen molar-refractivity contribution in [1.82, 2.24) is 15.0 Å². The van der Waals surface area contributed by atoms with Crippen LogP contribution in [0.5, 0.6) is 0 Å². The van der Waals surface area contributed by atoms with E-state index >= 15 is 0 Å². The van der Waals surface area contributed by atoms with Crippen LogP contribution in [0.3, 0.4) is 0 Å². The lowest BCUT2D eigenvalue weighted by atomic mass is 10.0. The number of aromatic nitrogens is 3. The Morgan fingerprint density at radius 1 is 0.970 bits per heavy atom. The molecule has 5 aromatic rings. The minimum atomic E-state index is -0.563. The molecule has 0 atom stereocenters. The van der Waals surface area contributed by atoms with Crippen molar-refractivity contribution < 1.29 is 14.0 Å². The number of nitrogens with one attached hydrogen (secondary N) is 2. The van der Waals surface area contributed by atoms with Crippen molar-refractivity contribution in [2.45, 2.75) is 0 Å². The van der Waals surface area contributed by atoms with Gasteiger partial charge in [-0.15, -0.1) is 11.3 Å². The first kappa shape index (κ1) is 20.5. The van der Waals surface area contributed by atoms with Crippen LogP contribution in [-0.4, -0.2) is 26.8 Å². The number of hydrogen-bond acceptors (Lipinski definition) is 5. The van der Waals surface area contributed by atoms with E-state index in [0.29, 0.717) is 44.1 Å². The number of halogens is 1. The number of anilines is 1. The van der Waals surface area contributed by atoms with Crippen molar-refractivity contribution >= 4 is 39.2 Å². The molecule has 3 aromatic heterocycles. The van der Waals surface area contributed by atoms with Gasteiger partial charge in [0.1, 0.15) is 11.5 Å². The van der Waals surface area contributed by atoms with Gasteiger partial charge in [-0.2, -0.15) is 0 Å². The van der Waals surface area contributed by atoms with Gasteiger partial charge in [-0.05, 0) is 42.5 Å². The molecule has 0 unspecified atom stereocenters. The van der Waals surface area contributed by atoms with E-state index in [9.17, 15) is 14.0 Å². The minimum absolute atomic E-state index is 0.278. The maximum atomic E-state index is 13.4. The van der Waals surface area contributed by atoms with Crippen LogP contribution in [0.2, 0.25) is 0 Å². The van der Waals surface area contributed by atoms with Gasteiger partial charge < -0.3 is 10.7 Å². The number of nitrogens with zero attached hydrogens (tertiary/aromatic N) is 2. The summed E-state index contributed by atoms with van der Waals surface area (Å²) >= 11 is 1.26. The number of H-pyrrole nitrogens is 1. The fourth-order valence-electron chi connectivity index (χ4n) is 3.44. The second-order valence-electron chi connectivity index (χ2n) is 7.24. The molecule has 0 aliphatic heterocycles. The fraction of sp³-hybridized carbons (Fsp3) is 0. The van der Waals surface area contributed by atoms with Crippen molar-refractivity contribution in [3.63, 3.8) is 0 Å². The van der Waals surface area contributed by atoms with Crippen LogP contribution in [0.4, 0.5) is 9.52 Å². The highest BCUT2D eigenvalue weighted by atomic mass is 32.1. The van der Waals surface area contributed by atoms with E-state index in [2.05, 4.69) is 20.3 Å². The standard InChI is InChI=1S/C24H16FN5O2S/c25-15-7-5-13(6-8-15)19-10-17(16-3-1-2-4-18(16)28-19)23(32)30-24-29-21(12-33-24)14-9-20(22(26)31)27-11-14/h1-12,27H,(H2,26,31)(H,29,30,32). The van der Waals surface area contributed by atoms with Crippen LogP contribution in [0.1, 0.15) is 20.8 Å². The zero-order valence-electron chi connectivity index (χ0n) is 17.0. The molecule has 0 fully saturated rings. The number of pyridine rings is 1. The summed E-state index contributed by atoms with van der Waals surface area (Å²) < 4.78 is 13.4. The van der Waals surface area contributed by atoms with Crippen LogP contribution in [0.15, 0.2) is 72.2 Å². The second kappa shape index (κ2) is 8.29. The van der Waals surface area contributed by atoms with Gasteiger partial charge in [0.25, 0.3) is 11.8 Å². The zero-order valence-corrected chi connectivity index (χ0v) is 17.8. The molecule has 0 aliphatic rings. The lowest BCUT2D eigenvalue weighted by molar-refractivity contribution is 0.0994. The number of primary amides is 1. The number of carbonyl (C=O) groups is 2. The quantitative estimate of drug-likeness (QED) is 0.350. The molecule has 3 heterocycles. The molecule has 0 aliphatic carbocycles. The number of carbonyl (C=O) groups excluding carboxylic acids is 2. The SMILES string of the molecule is NC(=O)c1cc(-c2csc(NC(=O)c3cc(-c4ccc(F)cc4)nc4ccccc34)n2)c[nH]1. The summed E-state index contributed by atoms with van der Waals surface area (Å²) in [5, 5.41) is 5.71. The minimum Gasteiger partial charge on any atom is -0.364 e. The molecule has 2 amide bonds. The first-order chi connectivity index (χ1) is 16.0. The Labute approximate surface area is 191 Å². The summed E-state index contributed by atoms with van der Waals surface area (Å²) in [5.74, 6) is -1.25. The molecule has 9 heteroatoms. The normalized spacial score (nSPS) is 10.9. The van der Waals surface area contributed by atoms with E-state index in [4.69, 9.17) is 5.73 Å². The van der Waals surface area contributed by atoms with Crippen LogP contribution >= 0.6 is 11.3 Å². The summed E-state index contributed by atoms with van der Waals surface area (Å²) in [7, 11) is 0. The highest BCUT2D eigenvalue weighted by molar-refractivity contribution is 7.14. The number of fused-ring (bicyclic) bond motifs is 1. The van der Waals surface area contributed by atoms with Crippen molar-refractivity contribution in [2.75, 3.05) is 5.32 Å². The van der Waals surface area contributed by atoms with Crippen molar-refractivity contribution in [3.05, 3.63) is 89.3 Å². The Morgan fingerprint density at radius 2 is 1.76 bits per heavy atom. The van der Waals surface area contributed by atoms with Gasteiger partial charge >= 0.3 is 0 Å². The van der Waals surface area contributed by atoms with Crippen LogP contribution in [-0.2, 0) is 0 Å². The van der Waals surface area contributed by atoms with E-state index < -0.39 is 5.91 Å². The third kappa shape index (κ3) is 4.09. The Balaban J connectivity index is 1.47. The molecule has 4 N–H and O–H groups in total. The Hall–Kier alpha value is -4.37. The fourth-order valence-corrected chi connectivity index (χ4v) is 4.16. The first-order valence-corrected chi connectivity index (χ1v) is 10.8. The predicted octanol–water partition coefficient (Wildman–Crippen LogP) is 4.84. The molecule has 0 saturated heterocycles. The zero-order chi connectivity index (χ0) is 22.9. The van der Waals surface area contributed by atoms with Crippen molar-refractivity contribution in [2.24, 2.45) is 5.73 Å². The van der Waals surface area contributed by atoms with Crippen LogP contribution < -0.4 is 11.1 Å². The predicted molar refractivity (Wildman–Crippen MR) is 126 cm³/mol. The van der Waals surface area contributed by atoms with Crippen molar-refractivity contribution in [1.29, 1.82) is 0 Å². The third-order valence-corrected chi connectivity index (χ3v) is 5.83. The lowest BCUT2D eigenvalue weighted by Gasteiger charge is -2.09. The molecule has 0 radical (unpaired) electrons. The molecule has 5 rings (SSSR count). The van der Waals surface area contributed by atoms with Gasteiger partial charge in [0, 0.05) is 28.1 Å². The molecule has 0 bridgehead atoms. The van der Waals surface area contributed by atoms with E-state index in [1.807, 2.05) is 24.3 Å². The summed E-state index contributed by atoms with van der Waals surface area (Å²) in [6, 6.07) is 16.6. The highest BCUT2D eigenvalue weighted by Gasteiger charge is 2.16. The molecule has 33 heavy (non-hydrogen) atoms. The number of benzene rings is 2. The van der Waals surface area contributed by atoms with Gasteiger partial charge in [-0.25, -0.2) is 14.4 Å². The van der Waals surface area contributed by atoms with E-state index in [1.165, 1.54) is 23.5 Å².